The minimum atomic E-state index is -0.939. The van der Waals surface area contributed by atoms with Crippen molar-refractivity contribution in [2.75, 3.05) is 6.61 Å². The zero-order chi connectivity index (χ0) is 10.7. The monoisotopic (exact) mass is 200 g/mol. The number of aliphatic hydroxyl groups is 1. The van der Waals surface area contributed by atoms with Crippen LogP contribution in [0.15, 0.2) is 18.2 Å². The van der Waals surface area contributed by atoms with E-state index in [-0.39, 0.29) is 11.3 Å². The van der Waals surface area contributed by atoms with Crippen molar-refractivity contribution >= 4 is 5.69 Å². The summed E-state index contributed by atoms with van der Waals surface area (Å²) in [6.45, 7) is -0.468. The van der Waals surface area contributed by atoms with Crippen molar-refractivity contribution in [3.05, 3.63) is 39.7 Å². The van der Waals surface area contributed by atoms with Crippen LogP contribution in [0.25, 0.3) is 0 Å². The van der Waals surface area contributed by atoms with Crippen molar-refractivity contribution in [1.29, 1.82) is 0 Å². The van der Waals surface area contributed by atoms with Gasteiger partial charge in [0, 0.05) is 6.07 Å². The molecule has 0 amide bonds. The summed E-state index contributed by atoms with van der Waals surface area (Å²) in [4.78, 5) is 9.84. The largest absolute Gasteiger partial charge is 0.394 e. The predicted octanol–water partition coefficient (Wildman–Crippen LogP) is 0.726. The van der Waals surface area contributed by atoms with E-state index in [0.717, 1.165) is 18.2 Å². The van der Waals surface area contributed by atoms with Crippen molar-refractivity contribution in [2.45, 2.75) is 6.04 Å². The number of benzene rings is 1. The second-order valence-corrected chi connectivity index (χ2v) is 2.75. The zero-order valence-corrected chi connectivity index (χ0v) is 7.18. The molecule has 5 nitrogen and oxygen atoms in total. The minimum Gasteiger partial charge on any atom is -0.394 e. The van der Waals surface area contributed by atoms with Crippen molar-refractivity contribution < 1.29 is 14.4 Å². The summed E-state index contributed by atoms with van der Waals surface area (Å²) >= 11 is 0. The van der Waals surface area contributed by atoms with Crippen LogP contribution in [0.1, 0.15) is 11.6 Å². The van der Waals surface area contributed by atoms with Gasteiger partial charge in [-0.15, -0.1) is 0 Å². The molecule has 0 unspecified atom stereocenters. The summed E-state index contributed by atoms with van der Waals surface area (Å²) in [5.74, 6) is -0.616. The third kappa shape index (κ3) is 2.04. The highest BCUT2D eigenvalue weighted by Crippen LogP contribution is 2.24. The average molecular weight is 200 g/mol. The standard InChI is InChI=1S/C8H9FN2O3/c9-5-1-2-8(11(13)14)6(3-5)7(10)4-12/h1-3,7,12H,4,10H2/t7-/m1/s1. The first kappa shape index (κ1) is 10.6. The summed E-state index contributed by atoms with van der Waals surface area (Å²) in [5.41, 5.74) is 5.09. The van der Waals surface area contributed by atoms with Gasteiger partial charge in [0.05, 0.1) is 23.1 Å². The van der Waals surface area contributed by atoms with Crippen LogP contribution in [-0.4, -0.2) is 16.6 Å². The number of nitro groups is 1. The Bertz CT molecular complexity index is 356. The van der Waals surface area contributed by atoms with Crippen LogP contribution in [0.4, 0.5) is 10.1 Å². The van der Waals surface area contributed by atoms with E-state index in [1.54, 1.807) is 0 Å². The Morgan fingerprint density at radius 1 is 1.64 bits per heavy atom. The van der Waals surface area contributed by atoms with Gasteiger partial charge < -0.3 is 10.8 Å². The van der Waals surface area contributed by atoms with Gasteiger partial charge in [-0.3, -0.25) is 10.1 Å². The molecule has 0 aliphatic carbocycles. The van der Waals surface area contributed by atoms with Crippen LogP contribution in [0.2, 0.25) is 0 Å². The minimum absolute atomic E-state index is 0.00231. The van der Waals surface area contributed by atoms with Gasteiger partial charge >= 0.3 is 0 Å². The molecule has 0 heterocycles. The summed E-state index contributed by atoms with van der Waals surface area (Å²) in [6, 6.07) is 2.02. The molecule has 0 aromatic heterocycles. The van der Waals surface area contributed by atoms with Crippen LogP contribution in [-0.2, 0) is 0 Å². The van der Waals surface area contributed by atoms with E-state index in [1.165, 1.54) is 0 Å². The molecular formula is C8H9FN2O3. The van der Waals surface area contributed by atoms with Gasteiger partial charge in [-0.25, -0.2) is 4.39 Å². The number of nitro benzene ring substituents is 1. The predicted molar refractivity (Wildman–Crippen MR) is 47.1 cm³/mol. The van der Waals surface area contributed by atoms with Crippen molar-refractivity contribution in [1.82, 2.24) is 0 Å². The lowest BCUT2D eigenvalue weighted by atomic mass is 10.1. The molecule has 1 rings (SSSR count). The first-order chi connectivity index (χ1) is 6.56. The van der Waals surface area contributed by atoms with Gasteiger partial charge in [-0.05, 0) is 12.1 Å². The Labute approximate surface area is 79.1 Å². The number of halogens is 1. The van der Waals surface area contributed by atoms with Crippen LogP contribution in [0, 0.1) is 15.9 Å². The van der Waals surface area contributed by atoms with Gasteiger partial charge in [0.25, 0.3) is 5.69 Å². The van der Waals surface area contributed by atoms with E-state index in [2.05, 4.69) is 0 Å². The van der Waals surface area contributed by atoms with Gasteiger partial charge in [-0.2, -0.15) is 0 Å². The number of nitrogens with two attached hydrogens (primary N) is 1. The Morgan fingerprint density at radius 2 is 2.29 bits per heavy atom. The molecular weight excluding hydrogens is 191 g/mol. The lowest BCUT2D eigenvalue weighted by Crippen LogP contribution is -2.16. The van der Waals surface area contributed by atoms with Gasteiger partial charge in [-0.1, -0.05) is 0 Å². The summed E-state index contributed by atoms with van der Waals surface area (Å²) in [7, 11) is 0. The SMILES string of the molecule is N[C@H](CO)c1cc(F)ccc1[N+](=O)[O-]. The Kier molecular flexibility index (Phi) is 3.10. The van der Waals surface area contributed by atoms with E-state index >= 15 is 0 Å². The van der Waals surface area contributed by atoms with E-state index in [0.29, 0.717) is 0 Å². The summed E-state index contributed by atoms with van der Waals surface area (Å²) in [6.07, 6.45) is 0. The van der Waals surface area contributed by atoms with Crippen molar-refractivity contribution in [3.63, 3.8) is 0 Å². The maximum Gasteiger partial charge on any atom is 0.274 e. The van der Waals surface area contributed by atoms with E-state index in [1.807, 2.05) is 0 Å². The highest BCUT2D eigenvalue weighted by molar-refractivity contribution is 5.42. The number of rotatable bonds is 3. The summed E-state index contributed by atoms with van der Waals surface area (Å²) in [5, 5.41) is 19.2. The van der Waals surface area contributed by atoms with E-state index in [9.17, 15) is 14.5 Å². The molecule has 1 aromatic carbocycles. The zero-order valence-electron chi connectivity index (χ0n) is 7.18. The molecule has 1 atom stereocenters. The molecule has 0 saturated carbocycles. The molecule has 0 aliphatic heterocycles. The molecule has 6 heteroatoms. The molecule has 0 fully saturated rings. The second-order valence-electron chi connectivity index (χ2n) is 2.75. The Hall–Kier alpha value is -1.53. The number of aliphatic hydroxyl groups excluding tert-OH is 1. The highest BCUT2D eigenvalue weighted by Gasteiger charge is 2.19. The molecule has 0 saturated heterocycles. The highest BCUT2D eigenvalue weighted by atomic mass is 19.1. The van der Waals surface area contributed by atoms with Gasteiger partial charge in [0.1, 0.15) is 5.82 Å². The Balaban J connectivity index is 3.22. The fourth-order valence-electron chi connectivity index (χ4n) is 1.09. The fourth-order valence-corrected chi connectivity index (χ4v) is 1.09. The molecule has 0 radical (unpaired) electrons. The summed E-state index contributed by atoms with van der Waals surface area (Å²) < 4.78 is 12.7. The average Bonchev–Trinajstić information content (AvgIpc) is 2.16. The molecule has 0 spiro atoms. The van der Waals surface area contributed by atoms with Crippen molar-refractivity contribution in [2.24, 2.45) is 5.73 Å². The lowest BCUT2D eigenvalue weighted by Gasteiger charge is -2.08. The third-order valence-electron chi connectivity index (χ3n) is 1.78. The van der Waals surface area contributed by atoms with Crippen LogP contribution in [0.5, 0.6) is 0 Å². The molecule has 76 valence electrons. The van der Waals surface area contributed by atoms with Crippen LogP contribution in [0.3, 0.4) is 0 Å². The number of hydrogen-bond acceptors (Lipinski definition) is 4. The van der Waals surface area contributed by atoms with Crippen LogP contribution >= 0.6 is 0 Å². The topological polar surface area (TPSA) is 89.4 Å². The van der Waals surface area contributed by atoms with Gasteiger partial charge in [0.2, 0.25) is 0 Å². The first-order valence-electron chi connectivity index (χ1n) is 3.86. The molecule has 3 N–H and O–H groups in total. The molecule has 1 aromatic rings. The number of hydrogen-bond donors (Lipinski definition) is 2. The smallest absolute Gasteiger partial charge is 0.274 e. The maximum absolute atomic E-state index is 12.7. The van der Waals surface area contributed by atoms with Gasteiger partial charge in [0.15, 0.2) is 0 Å². The number of nitrogens with zero attached hydrogens (tertiary/aromatic N) is 1. The van der Waals surface area contributed by atoms with Crippen molar-refractivity contribution in [3.8, 4) is 0 Å². The van der Waals surface area contributed by atoms with E-state index < -0.39 is 23.4 Å². The fraction of sp³-hybridized carbons (Fsp3) is 0.250. The maximum atomic E-state index is 12.7. The second kappa shape index (κ2) is 4.12. The Morgan fingerprint density at radius 3 is 2.79 bits per heavy atom. The van der Waals surface area contributed by atoms with Crippen LogP contribution < -0.4 is 5.73 Å². The third-order valence-corrected chi connectivity index (χ3v) is 1.78. The molecule has 0 bridgehead atoms. The first-order valence-corrected chi connectivity index (χ1v) is 3.86. The molecule has 14 heavy (non-hydrogen) atoms. The molecule has 0 aliphatic rings. The normalized spacial score (nSPS) is 12.5. The van der Waals surface area contributed by atoms with E-state index in [4.69, 9.17) is 10.8 Å². The lowest BCUT2D eigenvalue weighted by molar-refractivity contribution is -0.385. The quantitative estimate of drug-likeness (QED) is 0.555.